The third-order valence-electron chi connectivity index (χ3n) is 4.35. The van der Waals surface area contributed by atoms with Gasteiger partial charge in [-0.25, -0.2) is 9.67 Å². The maximum Gasteiger partial charge on any atom is 0.244 e. The summed E-state index contributed by atoms with van der Waals surface area (Å²) in [5.74, 6) is 1.14. The first-order valence-corrected chi connectivity index (χ1v) is 9.35. The van der Waals surface area contributed by atoms with E-state index in [4.69, 9.17) is 9.47 Å². The fraction of sp³-hybridized carbons (Fsp3) is 0.227. The summed E-state index contributed by atoms with van der Waals surface area (Å²) in [6, 6.07) is 13.2. The van der Waals surface area contributed by atoms with Crippen molar-refractivity contribution in [3.63, 3.8) is 0 Å². The number of amides is 1. The number of carbonyl (C=O) groups excluding carboxylic acids is 1. The summed E-state index contributed by atoms with van der Waals surface area (Å²) in [6.07, 6.45) is 6.39. The molecule has 0 saturated heterocycles. The van der Waals surface area contributed by atoms with Crippen molar-refractivity contribution < 1.29 is 14.3 Å². The van der Waals surface area contributed by atoms with Gasteiger partial charge in [-0.1, -0.05) is 18.2 Å². The SMILES string of the molecule is CCOc1cc(/C=C/C(=O)NC(C)c2ccc(-n3cncn3)cc2)ccc1OC. The molecule has 0 saturated carbocycles. The van der Waals surface area contributed by atoms with Gasteiger partial charge in [-0.2, -0.15) is 5.10 Å². The molecule has 1 unspecified atom stereocenters. The molecule has 0 spiro atoms. The van der Waals surface area contributed by atoms with Crippen molar-refractivity contribution in [3.8, 4) is 17.2 Å². The van der Waals surface area contributed by atoms with Crippen molar-refractivity contribution in [3.05, 3.63) is 72.3 Å². The molecule has 2 aromatic carbocycles. The highest BCUT2D eigenvalue weighted by Crippen LogP contribution is 2.28. The van der Waals surface area contributed by atoms with Crippen molar-refractivity contribution in [2.75, 3.05) is 13.7 Å². The number of carbonyl (C=O) groups is 1. The minimum absolute atomic E-state index is 0.133. The smallest absolute Gasteiger partial charge is 0.244 e. The molecule has 0 aliphatic carbocycles. The lowest BCUT2D eigenvalue weighted by Gasteiger charge is -2.13. The van der Waals surface area contributed by atoms with E-state index in [1.807, 2.05) is 56.3 Å². The number of methoxy groups -OCH3 is 1. The van der Waals surface area contributed by atoms with Crippen molar-refractivity contribution >= 4 is 12.0 Å². The van der Waals surface area contributed by atoms with E-state index in [2.05, 4.69) is 15.4 Å². The second kappa shape index (κ2) is 9.54. The Morgan fingerprint density at radius 3 is 2.66 bits per heavy atom. The van der Waals surface area contributed by atoms with E-state index in [-0.39, 0.29) is 11.9 Å². The van der Waals surface area contributed by atoms with Crippen LogP contribution >= 0.6 is 0 Å². The van der Waals surface area contributed by atoms with Gasteiger partial charge in [-0.05, 0) is 55.3 Å². The third kappa shape index (κ3) is 5.22. The van der Waals surface area contributed by atoms with Gasteiger partial charge >= 0.3 is 0 Å². The summed E-state index contributed by atoms with van der Waals surface area (Å²) in [5, 5.41) is 7.07. The Labute approximate surface area is 170 Å². The standard InChI is InChI=1S/C22H24N4O3/c1-4-29-21-13-17(5-11-20(21)28-3)6-12-22(27)25-16(2)18-7-9-19(10-8-18)26-15-23-14-24-26/h5-16H,4H2,1-3H3,(H,25,27)/b12-6+. The van der Waals surface area contributed by atoms with Crippen LogP contribution in [0.25, 0.3) is 11.8 Å². The van der Waals surface area contributed by atoms with Gasteiger partial charge in [0, 0.05) is 6.08 Å². The minimum atomic E-state index is -0.174. The second-order valence-corrected chi connectivity index (χ2v) is 6.34. The van der Waals surface area contributed by atoms with Crippen molar-refractivity contribution in [1.29, 1.82) is 0 Å². The van der Waals surface area contributed by atoms with Crippen LogP contribution in [0.4, 0.5) is 0 Å². The van der Waals surface area contributed by atoms with Crippen molar-refractivity contribution in [2.45, 2.75) is 19.9 Å². The molecule has 0 bridgehead atoms. The second-order valence-electron chi connectivity index (χ2n) is 6.34. The molecule has 0 aliphatic heterocycles. The molecule has 7 nitrogen and oxygen atoms in total. The first-order valence-electron chi connectivity index (χ1n) is 9.35. The topological polar surface area (TPSA) is 78.3 Å². The summed E-state index contributed by atoms with van der Waals surface area (Å²) in [6.45, 7) is 4.39. The zero-order valence-corrected chi connectivity index (χ0v) is 16.7. The van der Waals surface area contributed by atoms with E-state index in [1.165, 1.54) is 12.4 Å². The Bertz CT molecular complexity index is 966. The van der Waals surface area contributed by atoms with Gasteiger partial charge in [-0.3, -0.25) is 4.79 Å². The molecule has 0 radical (unpaired) electrons. The Kier molecular flexibility index (Phi) is 6.63. The van der Waals surface area contributed by atoms with Crippen LogP contribution in [0.1, 0.15) is 31.0 Å². The Balaban J connectivity index is 1.62. The lowest BCUT2D eigenvalue weighted by molar-refractivity contribution is -0.117. The monoisotopic (exact) mass is 392 g/mol. The fourth-order valence-electron chi connectivity index (χ4n) is 2.84. The molecule has 3 rings (SSSR count). The number of nitrogens with zero attached hydrogens (tertiary/aromatic N) is 3. The maximum absolute atomic E-state index is 12.3. The average Bonchev–Trinajstić information content (AvgIpc) is 3.28. The van der Waals surface area contributed by atoms with Gasteiger partial charge in [0.15, 0.2) is 11.5 Å². The predicted molar refractivity (Wildman–Crippen MR) is 111 cm³/mol. The first-order chi connectivity index (χ1) is 14.1. The van der Waals surface area contributed by atoms with Crippen LogP contribution in [0.3, 0.4) is 0 Å². The predicted octanol–water partition coefficient (Wildman–Crippen LogP) is 3.57. The van der Waals surface area contributed by atoms with Crippen LogP contribution in [-0.4, -0.2) is 34.4 Å². The third-order valence-corrected chi connectivity index (χ3v) is 4.35. The molecule has 1 amide bonds. The lowest BCUT2D eigenvalue weighted by atomic mass is 10.1. The summed E-state index contributed by atoms with van der Waals surface area (Å²) in [5.41, 5.74) is 2.77. The van der Waals surface area contributed by atoms with Crippen LogP contribution < -0.4 is 14.8 Å². The number of nitrogens with one attached hydrogen (secondary N) is 1. The molecule has 1 aromatic heterocycles. The van der Waals surface area contributed by atoms with E-state index >= 15 is 0 Å². The van der Waals surface area contributed by atoms with Gasteiger partial charge < -0.3 is 14.8 Å². The van der Waals surface area contributed by atoms with E-state index in [9.17, 15) is 4.79 Å². The van der Waals surface area contributed by atoms with Crippen LogP contribution in [-0.2, 0) is 4.79 Å². The molecule has 29 heavy (non-hydrogen) atoms. The molecule has 1 heterocycles. The molecule has 150 valence electrons. The van der Waals surface area contributed by atoms with E-state index in [1.54, 1.807) is 24.2 Å². The molecule has 3 aromatic rings. The molecule has 1 N–H and O–H groups in total. The molecule has 0 fully saturated rings. The number of ether oxygens (including phenoxy) is 2. The zero-order valence-electron chi connectivity index (χ0n) is 16.7. The summed E-state index contributed by atoms with van der Waals surface area (Å²) < 4.78 is 12.5. The Hall–Kier alpha value is -3.61. The van der Waals surface area contributed by atoms with Crippen LogP contribution in [0.5, 0.6) is 11.5 Å². The Morgan fingerprint density at radius 1 is 1.21 bits per heavy atom. The van der Waals surface area contributed by atoms with Gasteiger partial charge in [0.1, 0.15) is 12.7 Å². The molecular formula is C22H24N4O3. The highest BCUT2D eigenvalue weighted by Gasteiger charge is 2.09. The van der Waals surface area contributed by atoms with Gasteiger partial charge in [0.25, 0.3) is 0 Å². The fourth-order valence-corrected chi connectivity index (χ4v) is 2.84. The van der Waals surface area contributed by atoms with Gasteiger partial charge in [0.2, 0.25) is 5.91 Å². The van der Waals surface area contributed by atoms with Gasteiger partial charge in [0.05, 0.1) is 25.4 Å². The molecule has 1 atom stereocenters. The molecule has 0 aliphatic rings. The van der Waals surface area contributed by atoms with Crippen LogP contribution in [0.2, 0.25) is 0 Å². The van der Waals surface area contributed by atoms with Crippen molar-refractivity contribution in [2.24, 2.45) is 0 Å². The van der Waals surface area contributed by atoms with Crippen molar-refractivity contribution in [1.82, 2.24) is 20.1 Å². The highest BCUT2D eigenvalue weighted by atomic mass is 16.5. The highest BCUT2D eigenvalue weighted by molar-refractivity contribution is 5.92. The zero-order chi connectivity index (χ0) is 20.6. The number of benzene rings is 2. The lowest BCUT2D eigenvalue weighted by Crippen LogP contribution is -2.24. The first kappa shape index (κ1) is 20.1. The number of rotatable bonds is 8. The number of hydrogen-bond donors (Lipinski definition) is 1. The summed E-state index contributed by atoms with van der Waals surface area (Å²) >= 11 is 0. The number of hydrogen-bond acceptors (Lipinski definition) is 5. The van der Waals surface area contributed by atoms with Crippen LogP contribution in [0.15, 0.2) is 61.2 Å². The Morgan fingerprint density at radius 2 is 2.00 bits per heavy atom. The summed E-state index contributed by atoms with van der Waals surface area (Å²) in [7, 11) is 1.60. The average molecular weight is 392 g/mol. The number of aromatic nitrogens is 3. The molecular weight excluding hydrogens is 368 g/mol. The largest absolute Gasteiger partial charge is 0.493 e. The quantitative estimate of drug-likeness (QED) is 0.593. The van der Waals surface area contributed by atoms with E-state index in [0.717, 1.165) is 16.8 Å². The maximum atomic E-state index is 12.3. The minimum Gasteiger partial charge on any atom is -0.493 e. The molecule has 7 heteroatoms. The van der Waals surface area contributed by atoms with E-state index < -0.39 is 0 Å². The normalized spacial score (nSPS) is 12.0. The van der Waals surface area contributed by atoms with Gasteiger partial charge in [-0.15, -0.1) is 0 Å². The van der Waals surface area contributed by atoms with Crippen LogP contribution in [0, 0.1) is 0 Å². The van der Waals surface area contributed by atoms with E-state index in [0.29, 0.717) is 18.1 Å². The summed E-state index contributed by atoms with van der Waals surface area (Å²) in [4.78, 5) is 16.2.